The van der Waals surface area contributed by atoms with Crippen molar-refractivity contribution in [1.82, 2.24) is 5.32 Å². The van der Waals surface area contributed by atoms with Gasteiger partial charge in [-0.1, -0.05) is 0 Å². The first-order valence-corrected chi connectivity index (χ1v) is 4.44. The summed E-state index contributed by atoms with van der Waals surface area (Å²) in [6.07, 6.45) is -0.103. The molecule has 0 aliphatic carbocycles. The predicted molar refractivity (Wildman–Crippen MR) is 50.2 cm³/mol. The molecule has 0 atom stereocenters. The summed E-state index contributed by atoms with van der Waals surface area (Å²) in [5.41, 5.74) is 0.267. The zero-order valence-electron chi connectivity index (χ0n) is 7.96. The highest BCUT2D eigenvalue weighted by Crippen LogP contribution is 2.08. The molecule has 0 aliphatic rings. The summed E-state index contributed by atoms with van der Waals surface area (Å²) in [7, 11) is 0. The number of carbonyl (C=O) groups excluding carboxylic acids is 1. The number of aliphatic hydroxyl groups is 1. The Hall–Kier alpha value is -1.49. The van der Waals surface area contributed by atoms with Gasteiger partial charge >= 0.3 is 0 Å². The van der Waals surface area contributed by atoms with E-state index in [9.17, 15) is 13.6 Å². The molecule has 1 aromatic carbocycles. The van der Waals surface area contributed by atoms with Gasteiger partial charge in [-0.2, -0.15) is 0 Å². The van der Waals surface area contributed by atoms with E-state index in [1.165, 1.54) is 0 Å². The maximum atomic E-state index is 12.7. The number of aliphatic hydroxyl groups excluding tert-OH is 1. The lowest BCUT2D eigenvalue weighted by Gasteiger charge is -2.03. The van der Waals surface area contributed by atoms with E-state index >= 15 is 0 Å². The molecule has 3 nitrogen and oxygen atoms in total. The van der Waals surface area contributed by atoms with E-state index in [4.69, 9.17) is 5.11 Å². The Labute approximate surface area is 85.7 Å². The van der Waals surface area contributed by atoms with Crippen LogP contribution in [0.1, 0.15) is 5.56 Å². The van der Waals surface area contributed by atoms with Gasteiger partial charge in [-0.3, -0.25) is 4.79 Å². The predicted octanol–water partition coefficient (Wildman–Crippen LogP) is 0.616. The molecule has 5 heteroatoms. The molecular formula is C10H11F2NO2. The van der Waals surface area contributed by atoms with Gasteiger partial charge in [0.25, 0.3) is 0 Å². The third kappa shape index (κ3) is 4.03. The number of nitrogens with one attached hydrogen (secondary N) is 1. The first kappa shape index (κ1) is 11.6. The molecule has 0 aromatic heterocycles. The van der Waals surface area contributed by atoms with Crippen molar-refractivity contribution in [2.75, 3.05) is 13.2 Å². The Morgan fingerprint density at radius 1 is 1.27 bits per heavy atom. The van der Waals surface area contributed by atoms with Crippen molar-refractivity contribution in [2.24, 2.45) is 0 Å². The topological polar surface area (TPSA) is 49.3 Å². The smallest absolute Gasteiger partial charge is 0.224 e. The first-order valence-electron chi connectivity index (χ1n) is 4.44. The third-order valence-electron chi connectivity index (χ3n) is 1.72. The van der Waals surface area contributed by atoms with E-state index in [1.807, 2.05) is 0 Å². The highest BCUT2D eigenvalue weighted by Gasteiger charge is 2.05. The molecular weight excluding hydrogens is 204 g/mol. The molecule has 0 unspecified atom stereocenters. The van der Waals surface area contributed by atoms with Crippen molar-refractivity contribution in [1.29, 1.82) is 0 Å². The maximum absolute atomic E-state index is 12.7. The quantitative estimate of drug-likeness (QED) is 0.773. The van der Waals surface area contributed by atoms with E-state index in [0.717, 1.165) is 18.2 Å². The lowest BCUT2D eigenvalue weighted by molar-refractivity contribution is -0.120. The molecule has 1 rings (SSSR count). The van der Waals surface area contributed by atoms with Crippen LogP contribution in [0.25, 0.3) is 0 Å². The molecule has 0 fully saturated rings. The summed E-state index contributed by atoms with van der Waals surface area (Å²) in [6.45, 7) is -0.0279. The zero-order valence-corrected chi connectivity index (χ0v) is 7.96. The molecule has 0 heterocycles. The molecule has 82 valence electrons. The maximum Gasteiger partial charge on any atom is 0.224 e. The van der Waals surface area contributed by atoms with E-state index in [2.05, 4.69) is 5.32 Å². The third-order valence-corrected chi connectivity index (χ3v) is 1.72. The van der Waals surface area contributed by atoms with Crippen LogP contribution in [0.3, 0.4) is 0 Å². The van der Waals surface area contributed by atoms with Gasteiger partial charge in [-0.15, -0.1) is 0 Å². The second kappa shape index (κ2) is 5.41. The van der Waals surface area contributed by atoms with Gasteiger partial charge in [-0.05, 0) is 17.7 Å². The second-order valence-electron chi connectivity index (χ2n) is 3.03. The van der Waals surface area contributed by atoms with Crippen LogP contribution < -0.4 is 5.32 Å². The van der Waals surface area contributed by atoms with Gasteiger partial charge in [0.05, 0.1) is 13.0 Å². The lowest BCUT2D eigenvalue weighted by atomic mass is 10.1. The van der Waals surface area contributed by atoms with Crippen LogP contribution >= 0.6 is 0 Å². The molecule has 0 radical (unpaired) electrons. The Bertz CT molecular complexity index is 335. The fourth-order valence-corrected chi connectivity index (χ4v) is 1.16. The Kier molecular flexibility index (Phi) is 4.17. The zero-order chi connectivity index (χ0) is 11.3. The highest BCUT2D eigenvalue weighted by molar-refractivity contribution is 5.78. The molecule has 2 N–H and O–H groups in total. The minimum atomic E-state index is -0.708. The molecule has 0 spiro atoms. The summed E-state index contributed by atoms with van der Waals surface area (Å²) < 4.78 is 25.4. The van der Waals surface area contributed by atoms with Crippen molar-refractivity contribution in [2.45, 2.75) is 6.42 Å². The van der Waals surface area contributed by atoms with Gasteiger partial charge in [0.2, 0.25) is 5.91 Å². The number of carbonyl (C=O) groups is 1. The Morgan fingerprint density at radius 3 is 2.40 bits per heavy atom. The van der Waals surface area contributed by atoms with E-state index in [1.54, 1.807) is 0 Å². The van der Waals surface area contributed by atoms with Crippen LogP contribution in [0.15, 0.2) is 18.2 Å². The van der Waals surface area contributed by atoms with Crippen molar-refractivity contribution < 1.29 is 18.7 Å². The fraction of sp³-hybridized carbons (Fsp3) is 0.300. The van der Waals surface area contributed by atoms with Crippen molar-refractivity contribution in [3.05, 3.63) is 35.4 Å². The van der Waals surface area contributed by atoms with Gasteiger partial charge in [-0.25, -0.2) is 8.78 Å². The minimum absolute atomic E-state index is 0.103. The van der Waals surface area contributed by atoms with Gasteiger partial charge in [0.1, 0.15) is 11.6 Å². The summed E-state index contributed by atoms with van der Waals surface area (Å²) in [6, 6.07) is 2.94. The number of amides is 1. The number of rotatable bonds is 4. The number of halogens is 2. The first-order chi connectivity index (χ1) is 7.11. The molecule has 15 heavy (non-hydrogen) atoms. The van der Waals surface area contributed by atoms with Crippen LogP contribution in [-0.2, 0) is 11.2 Å². The van der Waals surface area contributed by atoms with Crippen LogP contribution in [0.2, 0.25) is 0 Å². The Balaban J connectivity index is 2.60. The summed E-state index contributed by atoms with van der Waals surface area (Å²) >= 11 is 0. The number of benzene rings is 1. The SMILES string of the molecule is O=C(Cc1cc(F)cc(F)c1)NCCO. The van der Waals surface area contributed by atoms with Crippen molar-refractivity contribution in [3.63, 3.8) is 0 Å². The minimum Gasteiger partial charge on any atom is -0.395 e. The molecule has 0 bridgehead atoms. The van der Waals surface area contributed by atoms with Crippen LogP contribution in [0, 0.1) is 11.6 Å². The summed E-state index contributed by atoms with van der Waals surface area (Å²) in [5, 5.41) is 10.8. The molecule has 0 aliphatic heterocycles. The highest BCUT2D eigenvalue weighted by atomic mass is 19.1. The van der Waals surface area contributed by atoms with E-state index < -0.39 is 11.6 Å². The van der Waals surface area contributed by atoms with E-state index in [0.29, 0.717) is 0 Å². The van der Waals surface area contributed by atoms with Gasteiger partial charge < -0.3 is 10.4 Å². The molecule has 1 aromatic rings. The number of hydrogen-bond donors (Lipinski definition) is 2. The molecule has 1 amide bonds. The summed E-state index contributed by atoms with van der Waals surface area (Å²) in [5.74, 6) is -1.80. The largest absolute Gasteiger partial charge is 0.395 e. The molecule has 0 saturated heterocycles. The average molecular weight is 215 g/mol. The van der Waals surface area contributed by atoms with Crippen molar-refractivity contribution in [3.8, 4) is 0 Å². The fourth-order valence-electron chi connectivity index (χ4n) is 1.16. The van der Waals surface area contributed by atoms with Crippen molar-refractivity contribution >= 4 is 5.91 Å². The van der Waals surface area contributed by atoms with Crippen LogP contribution in [0.4, 0.5) is 8.78 Å². The average Bonchev–Trinajstić information content (AvgIpc) is 2.13. The monoisotopic (exact) mass is 215 g/mol. The van der Waals surface area contributed by atoms with Gasteiger partial charge in [0.15, 0.2) is 0 Å². The van der Waals surface area contributed by atoms with E-state index in [-0.39, 0.29) is 31.0 Å². The number of hydrogen-bond acceptors (Lipinski definition) is 2. The Morgan fingerprint density at radius 2 is 1.87 bits per heavy atom. The standard InChI is InChI=1S/C10H11F2NO2/c11-8-3-7(4-9(12)6-8)5-10(15)13-1-2-14/h3-4,6,14H,1-2,5H2,(H,13,15). The van der Waals surface area contributed by atoms with Crippen LogP contribution in [-0.4, -0.2) is 24.2 Å². The van der Waals surface area contributed by atoms with Crippen LogP contribution in [0.5, 0.6) is 0 Å². The summed E-state index contributed by atoms with van der Waals surface area (Å²) in [4.78, 5) is 11.1. The normalized spacial score (nSPS) is 10.1. The molecule has 0 saturated carbocycles. The second-order valence-corrected chi connectivity index (χ2v) is 3.03. The lowest BCUT2D eigenvalue weighted by Crippen LogP contribution is -2.27. The van der Waals surface area contributed by atoms with Gasteiger partial charge in [0, 0.05) is 12.6 Å².